The first-order valence-electron chi connectivity index (χ1n) is 5.05. The van der Waals surface area contributed by atoms with Crippen LogP contribution >= 0.6 is 0 Å². The third kappa shape index (κ3) is 2.82. The van der Waals surface area contributed by atoms with Crippen molar-refractivity contribution in [3.63, 3.8) is 0 Å². The van der Waals surface area contributed by atoms with Crippen molar-refractivity contribution < 1.29 is 14.3 Å². The fraction of sp³-hybridized carbons (Fsp3) is 0.333. The van der Waals surface area contributed by atoms with Crippen molar-refractivity contribution in [3.8, 4) is 5.88 Å². The first kappa shape index (κ1) is 12.2. The standard InChI is InChI=1S/C12H15NO3/c1-4-9(5-2)16-12(14)10-7-6-8-13-11(10)15-3/h4,6-9H,1,5H2,2-3H3. The summed E-state index contributed by atoms with van der Waals surface area (Å²) in [7, 11) is 1.46. The van der Waals surface area contributed by atoms with E-state index in [1.54, 1.807) is 24.4 Å². The number of carbonyl (C=O) groups excluding carboxylic acids is 1. The highest BCUT2D eigenvalue weighted by Gasteiger charge is 2.16. The fourth-order valence-corrected chi connectivity index (χ4v) is 1.21. The summed E-state index contributed by atoms with van der Waals surface area (Å²) in [4.78, 5) is 15.7. The van der Waals surface area contributed by atoms with E-state index in [9.17, 15) is 4.79 Å². The Bertz CT molecular complexity index is 376. The zero-order valence-electron chi connectivity index (χ0n) is 9.47. The summed E-state index contributed by atoms with van der Waals surface area (Å²) in [5.74, 6) is -0.178. The number of pyridine rings is 1. The Kier molecular flexibility index (Phi) is 4.51. The molecule has 16 heavy (non-hydrogen) atoms. The lowest BCUT2D eigenvalue weighted by Gasteiger charge is -2.12. The molecule has 0 saturated carbocycles. The molecule has 4 nitrogen and oxygen atoms in total. The van der Waals surface area contributed by atoms with Crippen LogP contribution in [0.4, 0.5) is 0 Å². The minimum atomic E-state index is -0.447. The summed E-state index contributed by atoms with van der Waals surface area (Å²) in [6, 6.07) is 3.28. The smallest absolute Gasteiger partial charge is 0.344 e. The van der Waals surface area contributed by atoms with Crippen LogP contribution in [0.3, 0.4) is 0 Å². The Labute approximate surface area is 94.9 Å². The molecule has 1 aromatic heterocycles. The first-order valence-corrected chi connectivity index (χ1v) is 5.05. The lowest BCUT2D eigenvalue weighted by Crippen LogP contribution is -2.16. The van der Waals surface area contributed by atoms with Gasteiger partial charge < -0.3 is 9.47 Å². The molecule has 0 bridgehead atoms. The monoisotopic (exact) mass is 221 g/mol. The molecule has 0 aliphatic rings. The lowest BCUT2D eigenvalue weighted by atomic mass is 10.2. The van der Waals surface area contributed by atoms with Crippen LogP contribution in [0.15, 0.2) is 31.0 Å². The van der Waals surface area contributed by atoms with E-state index in [-0.39, 0.29) is 12.0 Å². The maximum atomic E-state index is 11.8. The zero-order valence-corrected chi connectivity index (χ0v) is 9.47. The summed E-state index contributed by atoms with van der Waals surface area (Å²) in [6.07, 6.45) is 3.57. The van der Waals surface area contributed by atoms with Crippen LogP contribution in [-0.2, 0) is 4.74 Å². The molecule has 1 heterocycles. The lowest BCUT2D eigenvalue weighted by molar-refractivity contribution is 0.0384. The van der Waals surface area contributed by atoms with Crippen LogP contribution < -0.4 is 4.74 Å². The van der Waals surface area contributed by atoms with Gasteiger partial charge in [0.15, 0.2) is 0 Å². The highest BCUT2D eigenvalue weighted by Crippen LogP contribution is 2.16. The number of hydrogen-bond donors (Lipinski definition) is 0. The highest BCUT2D eigenvalue weighted by atomic mass is 16.5. The van der Waals surface area contributed by atoms with Crippen molar-refractivity contribution in [2.45, 2.75) is 19.4 Å². The minimum absolute atomic E-state index is 0.270. The van der Waals surface area contributed by atoms with E-state index in [1.807, 2.05) is 6.92 Å². The Morgan fingerprint density at radius 2 is 2.44 bits per heavy atom. The minimum Gasteiger partial charge on any atom is -0.480 e. The second kappa shape index (κ2) is 5.90. The van der Waals surface area contributed by atoms with Gasteiger partial charge >= 0.3 is 5.97 Å². The molecule has 0 radical (unpaired) electrons. The van der Waals surface area contributed by atoms with Crippen molar-refractivity contribution in [3.05, 3.63) is 36.5 Å². The van der Waals surface area contributed by atoms with Gasteiger partial charge in [0, 0.05) is 6.20 Å². The average molecular weight is 221 g/mol. The summed E-state index contributed by atoms with van der Waals surface area (Å²) in [5.41, 5.74) is 0.324. The van der Waals surface area contributed by atoms with Crippen LogP contribution in [0.25, 0.3) is 0 Å². The van der Waals surface area contributed by atoms with Crippen LogP contribution in [0.5, 0.6) is 5.88 Å². The largest absolute Gasteiger partial charge is 0.480 e. The van der Waals surface area contributed by atoms with Crippen LogP contribution in [0, 0.1) is 0 Å². The number of esters is 1. The number of nitrogens with zero attached hydrogens (tertiary/aromatic N) is 1. The van der Waals surface area contributed by atoms with Crippen LogP contribution in [0.2, 0.25) is 0 Å². The quantitative estimate of drug-likeness (QED) is 0.565. The van der Waals surface area contributed by atoms with Crippen LogP contribution in [0.1, 0.15) is 23.7 Å². The molecule has 0 aliphatic carbocycles. The van der Waals surface area contributed by atoms with Gasteiger partial charge in [-0.3, -0.25) is 0 Å². The van der Waals surface area contributed by atoms with E-state index < -0.39 is 5.97 Å². The summed E-state index contributed by atoms with van der Waals surface area (Å²) in [5, 5.41) is 0. The number of methoxy groups -OCH3 is 1. The van der Waals surface area contributed by atoms with Gasteiger partial charge in [0.2, 0.25) is 5.88 Å². The molecule has 1 aromatic rings. The molecule has 0 aromatic carbocycles. The van der Waals surface area contributed by atoms with Gasteiger partial charge in [0.25, 0.3) is 0 Å². The topological polar surface area (TPSA) is 48.4 Å². The molecule has 0 amide bonds. The van der Waals surface area contributed by atoms with Crippen molar-refractivity contribution in [1.29, 1.82) is 0 Å². The molecule has 0 fully saturated rings. The molecule has 4 heteroatoms. The normalized spacial score (nSPS) is 11.6. The van der Waals surface area contributed by atoms with Gasteiger partial charge in [-0.05, 0) is 18.6 Å². The predicted molar refractivity (Wildman–Crippen MR) is 60.5 cm³/mol. The third-order valence-corrected chi connectivity index (χ3v) is 2.11. The molecule has 86 valence electrons. The zero-order chi connectivity index (χ0) is 12.0. The van der Waals surface area contributed by atoms with E-state index in [0.717, 1.165) is 0 Å². The molecule has 0 N–H and O–H groups in total. The number of rotatable bonds is 5. The Morgan fingerprint density at radius 1 is 1.69 bits per heavy atom. The van der Waals surface area contributed by atoms with Crippen molar-refractivity contribution in [1.82, 2.24) is 4.98 Å². The molecular weight excluding hydrogens is 206 g/mol. The predicted octanol–water partition coefficient (Wildman–Crippen LogP) is 2.21. The fourth-order valence-electron chi connectivity index (χ4n) is 1.21. The molecule has 1 rings (SSSR count). The Morgan fingerprint density at radius 3 is 3.00 bits per heavy atom. The van der Waals surface area contributed by atoms with E-state index in [1.165, 1.54) is 7.11 Å². The molecule has 0 aliphatic heterocycles. The number of hydrogen-bond acceptors (Lipinski definition) is 4. The molecular formula is C12H15NO3. The highest BCUT2D eigenvalue weighted by molar-refractivity contribution is 5.91. The van der Waals surface area contributed by atoms with Gasteiger partial charge in [-0.25, -0.2) is 9.78 Å². The van der Waals surface area contributed by atoms with E-state index in [0.29, 0.717) is 12.0 Å². The van der Waals surface area contributed by atoms with Crippen molar-refractivity contribution in [2.75, 3.05) is 7.11 Å². The molecule has 0 saturated heterocycles. The molecule has 1 unspecified atom stereocenters. The summed E-state index contributed by atoms with van der Waals surface area (Å²) >= 11 is 0. The van der Waals surface area contributed by atoms with Crippen LogP contribution in [-0.4, -0.2) is 24.2 Å². The first-order chi connectivity index (χ1) is 7.72. The van der Waals surface area contributed by atoms with Gasteiger partial charge in [-0.2, -0.15) is 0 Å². The maximum Gasteiger partial charge on any atom is 0.344 e. The van der Waals surface area contributed by atoms with Crippen molar-refractivity contribution in [2.24, 2.45) is 0 Å². The van der Waals surface area contributed by atoms with Gasteiger partial charge in [0.05, 0.1) is 7.11 Å². The SMILES string of the molecule is C=CC(CC)OC(=O)c1cccnc1OC. The number of aromatic nitrogens is 1. The van der Waals surface area contributed by atoms with Gasteiger partial charge in [-0.1, -0.05) is 19.6 Å². The molecule has 1 atom stereocenters. The second-order valence-corrected chi connectivity index (χ2v) is 3.15. The second-order valence-electron chi connectivity index (χ2n) is 3.15. The van der Waals surface area contributed by atoms with E-state index in [4.69, 9.17) is 9.47 Å². The average Bonchev–Trinajstić information content (AvgIpc) is 2.35. The Balaban J connectivity index is 2.83. The van der Waals surface area contributed by atoms with Crippen molar-refractivity contribution >= 4 is 5.97 Å². The van der Waals surface area contributed by atoms with E-state index in [2.05, 4.69) is 11.6 Å². The number of carbonyl (C=O) groups is 1. The summed E-state index contributed by atoms with van der Waals surface area (Å²) in [6.45, 7) is 5.51. The van der Waals surface area contributed by atoms with Gasteiger partial charge in [0.1, 0.15) is 11.7 Å². The Hall–Kier alpha value is -1.84. The third-order valence-electron chi connectivity index (χ3n) is 2.11. The maximum absolute atomic E-state index is 11.8. The van der Waals surface area contributed by atoms with E-state index >= 15 is 0 Å². The summed E-state index contributed by atoms with van der Waals surface area (Å²) < 4.78 is 10.2. The number of ether oxygens (including phenoxy) is 2. The molecule has 0 spiro atoms. The van der Waals surface area contributed by atoms with Gasteiger partial charge in [-0.15, -0.1) is 0 Å².